The molecule has 106 valence electrons. The molecule has 0 unspecified atom stereocenters. The van der Waals surface area contributed by atoms with Gasteiger partial charge in [0.1, 0.15) is 5.56 Å². The maximum atomic E-state index is 12.4. The van der Waals surface area contributed by atoms with Gasteiger partial charge in [-0.25, -0.2) is 14.5 Å². The Balaban J connectivity index is 2.06. The van der Waals surface area contributed by atoms with Crippen LogP contribution in [-0.2, 0) is 7.05 Å². The highest BCUT2D eigenvalue weighted by molar-refractivity contribution is 7.13. The first kappa shape index (κ1) is 13.3. The summed E-state index contributed by atoms with van der Waals surface area (Å²) >= 11 is 1.30. The predicted octanol–water partition coefficient (Wildman–Crippen LogP) is 2.35. The average Bonchev–Trinajstić information content (AvgIpc) is 3.07. The average molecular weight is 301 g/mol. The van der Waals surface area contributed by atoms with Crippen LogP contribution in [0.3, 0.4) is 0 Å². The molecule has 1 amide bonds. The van der Waals surface area contributed by atoms with Gasteiger partial charge in [-0.3, -0.25) is 10.1 Å². The summed E-state index contributed by atoms with van der Waals surface area (Å²) in [6, 6.07) is 8.94. The van der Waals surface area contributed by atoms with E-state index in [9.17, 15) is 9.59 Å². The van der Waals surface area contributed by atoms with Crippen molar-refractivity contribution in [1.82, 2.24) is 9.72 Å². The summed E-state index contributed by atoms with van der Waals surface area (Å²) in [5.74, 6) is -0.433. The molecule has 6 nitrogen and oxygen atoms in total. The molecule has 0 fully saturated rings. The Morgan fingerprint density at radius 3 is 2.76 bits per heavy atom. The molecule has 0 aliphatic heterocycles. The Morgan fingerprint density at radius 1 is 1.33 bits per heavy atom. The van der Waals surface area contributed by atoms with E-state index in [0.717, 1.165) is 0 Å². The van der Waals surface area contributed by atoms with E-state index in [2.05, 4.69) is 10.3 Å². The second-order valence-electron chi connectivity index (χ2n) is 4.26. The minimum Gasteiger partial charge on any atom is -0.335 e. The van der Waals surface area contributed by atoms with Crippen molar-refractivity contribution in [2.24, 2.45) is 7.05 Å². The van der Waals surface area contributed by atoms with Crippen molar-refractivity contribution in [3.63, 3.8) is 0 Å². The van der Waals surface area contributed by atoms with E-state index in [-0.39, 0.29) is 11.3 Å². The van der Waals surface area contributed by atoms with Crippen molar-refractivity contribution in [3.05, 3.63) is 58.0 Å². The zero-order chi connectivity index (χ0) is 14.8. The second-order valence-corrected chi connectivity index (χ2v) is 5.15. The van der Waals surface area contributed by atoms with Gasteiger partial charge in [0.15, 0.2) is 10.8 Å². The topological polar surface area (TPSA) is 77.1 Å². The lowest BCUT2D eigenvalue weighted by atomic mass is 10.1. The summed E-state index contributed by atoms with van der Waals surface area (Å²) in [6.07, 6.45) is 1.59. The Labute approximate surface area is 123 Å². The van der Waals surface area contributed by atoms with Crippen LogP contribution in [0.15, 0.2) is 51.2 Å². The molecule has 0 spiro atoms. The van der Waals surface area contributed by atoms with Crippen LogP contribution in [-0.4, -0.2) is 15.6 Å². The number of aryl methyl sites for hydroxylation is 1. The van der Waals surface area contributed by atoms with Gasteiger partial charge in [-0.05, 0) is 5.56 Å². The van der Waals surface area contributed by atoms with Crippen molar-refractivity contribution >= 4 is 22.4 Å². The number of amides is 1. The van der Waals surface area contributed by atoms with Gasteiger partial charge in [0.05, 0.1) is 0 Å². The fourth-order valence-corrected chi connectivity index (χ4v) is 2.55. The molecule has 0 radical (unpaired) electrons. The minimum absolute atomic E-state index is 0.168. The number of hydrogen-bond acceptors (Lipinski definition) is 5. The van der Waals surface area contributed by atoms with Crippen molar-refractivity contribution in [2.45, 2.75) is 0 Å². The largest absolute Gasteiger partial charge is 0.366 e. The van der Waals surface area contributed by atoms with Crippen LogP contribution in [0.25, 0.3) is 11.1 Å². The van der Waals surface area contributed by atoms with E-state index in [1.165, 1.54) is 23.1 Å². The van der Waals surface area contributed by atoms with Gasteiger partial charge >= 0.3 is 5.63 Å². The summed E-state index contributed by atoms with van der Waals surface area (Å²) in [7, 11) is 1.52. The molecule has 2 heterocycles. The van der Waals surface area contributed by atoms with E-state index in [0.29, 0.717) is 10.7 Å². The Hall–Kier alpha value is -2.67. The lowest BCUT2D eigenvalue weighted by molar-refractivity contribution is 0.100. The van der Waals surface area contributed by atoms with Gasteiger partial charge < -0.3 is 4.52 Å². The number of carbonyl (C=O) groups excluding carboxylic acids is 1. The van der Waals surface area contributed by atoms with Crippen LogP contribution in [0.4, 0.5) is 5.13 Å². The molecule has 3 rings (SSSR count). The number of thiazole rings is 1. The minimum atomic E-state index is -0.548. The molecule has 0 bridgehead atoms. The molecular formula is C14H11N3O3S. The Morgan fingerprint density at radius 2 is 2.10 bits per heavy atom. The molecule has 1 N–H and O–H groups in total. The summed E-state index contributed by atoms with van der Waals surface area (Å²) in [5.41, 5.74) is 0.498. The Bertz CT molecular complexity index is 819. The third-order valence-corrected chi connectivity index (χ3v) is 3.59. The first-order chi connectivity index (χ1) is 10.2. The molecule has 2 aromatic heterocycles. The SMILES string of the molecule is Cn1oc(=O)c(-c2ccccc2)c1C(=O)Nc1nccs1. The maximum Gasteiger partial charge on any atom is 0.366 e. The molecule has 21 heavy (non-hydrogen) atoms. The molecular weight excluding hydrogens is 290 g/mol. The van der Waals surface area contributed by atoms with Crippen LogP contribution >= 0.6 is 11.3 Å². The highest BCUT2D eigenvalue weighted by Gasteiger charge is 2.23. The zero-order valence-corrected chi connectivity index (χ0v) is 11.9. The number of nitrogens with zero attached hydrogens (tertiary/aromatic N) is 2. The quantitative estimate of drug-likeness (QED) is 0.805. The number of carbonyl (C=O) groups is 1. The molecule has 0 atom stereocenters. The lowest BCUT2D eigenvalue weighted by Crippen LogP contribution is -2.16. The van der Waals surface area contributed by atoms with Gasteiger partial charge in [-0.15, -0.1) is 11.3 Å². The second kappa shape index (κ2) is 5.37. The first-order valence-electron chi connectivity index (χ1n) is 6.13. The summed E-state index contributed by atoms with van der Waals surface area (Å²) in [4.78, 5) is 28.4. The number of nitrogens with one attached hydrogen (secondary N) is 1. The van der Waals surface area contributed by atoms with Crippen molar-refractivity contribution in [1.29, 1.82) is 0 Å². The number of aromatic nitrogens is 2. The molecule has 0 saturated heterocycles. The van der Waals surface area contributed by atoms with Gasteiger partial charge in [0.25, 0.3) is 5.91 Å². The molecule has 3 aromatic rings. The van der Waals surface area contributed by atoms with Gasteiger partial charge in [0.2, 0.25) is 0 Å². The highest BCUT2D eigenvalue weighted by atomic mass is 32.1. The first-order valence-corrected chi connectivity index (χ1v) is 7.01. The van der Waals surface area contributed by atoms with Crippen LogP contribution in [0.2, 0.25) is 0 Å². The van der Waals surface area contributed by atoms with Crippen LogP contribution in [0, 0.1) is 0 Å². The third kappa shape index (κ3) is 2.50. The molecule has 0 saturated carbocycles. The van der Waals surface area contributed by atoms with Crippen LogP contribution < -0.4 is 10.9 Å². The van der Waals surface area contributed by atoms with E-state index in [1.807, 2.05) is 6.07 Å². The van der Waals surface area contributed by atoms with E-state index < -0.39 is 11.5 Å². The van der Waals surface area contributed by atoms with Gasteiger partial charge in [-0.1, -0.05) is 30.3 Å². The van der Waals surface area contributed by atoms with Gasteiger partial charge in [0, 0.05) is 18.6 Å². The summed E-state index contributed by atoms with van der Waals surface area (Å²) < 4.78 is 6.20. The van der Waals surface area contributed by atoms with Gasteiger partial charge in [-0.2, -0.15) is 0 Å². The van der Waals surface area contributed by atoms with E-state index in [4.69, 9.17) is 4.52 Å². The summed E-state index contributed by atoms with van der Waals surface area (Å²) in [5, 5.41) is 4.87. The molecule has 0 aliphatic carbocycles. The molecule has 0 aliphatic rings. The van der Waals surface area contributed by atoms with Crippen LogP contribution in [0.1, 0.15) is 10.5 Å². The van der Waals surface area contributed by atoms with Crippen LogP contribution in [0.5, 0.6) is 0 Å². The summed E-state index contributed by atoms with van der Waals surface area (Å²) in [6.45, 7) is 0. The molecule has 7 heteroatoms. The van der Waals surface area contributed by atoms with Crippen molar-refractivity contribution in [3.8, 4) is 11.1 Å². The van der Waals surface area contributed by atoms with E-state index in [1.54, 1.807) is 35.8 Å². The lowest BCUT2D eigenvalue weighted by Gasteiger charge is -2.04. The van der Waals surface area contributed by atoms with Crippen molar-refractivity contribution < 1.29 is 9.32 Å². The monoisotopic (exact) mass is 301 g/mol. The number of benzene rings is 1. The molecule has 1 aromatic carbocycles. The maximum absolute atomic E-state index is 12.4. The predicted molar refractivity (Wildman–Crippen MR) is 79.5 cm³/mol. The third-order valence-electron chi connectivity index (χ3n) is 2.91. The number of rotatable bonds is 3. The fourth-order valence-electron chi connectivity index (χ4n) is 2.03. The number of anilines is 1. The standard InChI is InChI=1S/C14H11N3O3S/c1-17-11(12(18)16-14-15-7-8-21-14)10(13(19)20-17)9-5-3-2-4-6-9/h2-8H,1H3,(H,15,16,18). The van der Waals surface area contributed by atoms with Crippen molar-refractivity contribution in [2.75, 3.05) is 5.32 Å². The number of hydrogen-bond donors (Lipinski definition) is 1. The Kier molecular flexibility index (Phi) is 3.41. The zero-order valence-electron chi connectivity index (χ0n) is 11.1. The highest BCUT2D eigenvalue weighted by Crippen LogP contribution is 2.22. The fraction of sp³-hybridized carbons (Fsp3) is 0.0714. The van der Waals surface area contributed by atoms with E-state index >= 15 is 0 Å². The smallest absolute Gasteiger partial charge is 0.335 e. The normalized spacial score (nSPS) is 10.5.